The van der Waals surface area contributed by atoms with E-state index in [2.05, 4.69) is 4.98 Å². The van der Waals surface area contributed by atoms with Gasteiger partial charge in [-0.1, -0.05) is 0 Å². The van der Waals surface area contributed by atoms with Gasteiger partial charge in [-0.05, 0) is 9.91 Å². The van der Waals surface area contributed by atoms with Crippen LogP contribution in [0.4, 0.5) is 5.82 Å². The molecule has 1 aromatic rings. The molecule has 0 bridgehead atoms. The number of rotatable bonds is 4. The third-order valence-corrected chi connectivity index (χ3v) is 1.66. The van der Waals surface area contributed by atoms with Crippen molar-refractivity contribution in [1.29, 1.82) is 0 Å². The Hall–Kier alpha value is -1.69. The maximum Gasteiger partial charge on any atom is 0.367 e. The van der Waals surface area contributed by atoms with E-state index in [-0.39, 0.29) is 5.82 Å². The highest BCUT2D eigenvalue weighted by atomic mass is 16.6. The summed E-state index contributed by atoms with van der Waals surface area (Å²) in [6, 6.07) is 2.92. The Balaban J connectivity index is 3.06. The first kappa shape index (κ1) is 10.4. The molecular formula is C8H11N3O3. The number of nitrogens with zero attached hydrogens (tertiary/aromatic N) is 2. The molecule has 0 saturated carbocycles. The summed E-state index contributed by atoms with van der Waals surface area (Å²) in [7, 11) is 1.45. The second-order valence-corrected chi connectivity index (χ2v) is 2.65. The first-order chi connectivity index (χ1) is 6.67. The monoisotopic (exact) mass is 197 g/mol. The van der Waals surface area contributed by atoms with Crippen molar-refractivity contribution in [2.75, 3.05) is 13.7 Å². The summed E-state index contributed by atoms with van der Waals surface area (Å²) in [6.07, 6.45) is 0.498. The van der Waals surface area contributed by atoms with Crippen molar-refractivity contribution in [1.82, 2.24) is 4.98 Å². The standard InChI is InChI=1S/C8H11N3O3/c1-14-7-4-6(2-3-9)10-8(5-7)11(12)13/h4-5H,2-3,9H2,1H3. The molecule has 0 aromatic carbocycles. The van der Waals surface area contributed by atoms with Crippen LogP contribution < -0.4 is 10.5 Å². The minimum absolute atomic E-state index is 0.215. The second kappa shape index (κ2) is 4.52. The average Bonchev–Trinajstić information content (AvgIpc) is 2.17. The van der Waals surface area contributed by atoms with Crippen LogP contribution in [-0.2, 0) is 6.42 Å². The van der Waals surface area contributed by atoms with E-state index in [9.17, 15) is 10.1 Å². The van der Waals surface area contributed by atoms with Crippen LogP contribution in [0.25, 0.3) is 0 Å². The molecule has 0 aliphatic rings. The molecule has 1 aromatic heterocycles. The summed E-state index contributed by atoms with van der Waals surface area (Å²) in [6.45, 7) is 0.400. The molecule has 0 unspecified atom stereocenters. The minimum Gasteiger partial charge on any atom is -0.496 e. The Morgan fingerprint density at radius 1 is 1.64 bits per heavy atom. The van der Waals surface area contributed by atoms with Gasteiger partial charge in [0.15, 0.2) is 5.69 Å². The number of ether oxygens (including phenoxy) is 1. The van der Waals surface area contributed by atoms with E-state index in [1.165, 1.54) is 13.2 Å². The van der Waals surface area contributed by atoms with Crippen molar-refractivity contribution in [3.8, 4) is 5.75 Å². The molecule has 0 saturated heterocycles. The van der Waals surface area contributed by atoms with E-state index in [1.807, 2.05) is 0 Å². The van der Waals surface area contributed by atoms with Gasteiger partial charge in [0.2, 0.25) is 0 Å². The van der Waals surface area contributed by atoms with Gasteiger partial charge in [-0.25, -0.2) is 0 Å². The predicted molar refractivity (Wildman–Crippen MR) is 50.2 cm³/mol. The van der Waals surface area contributed by atoms with E-state index in [4.69, 9.17) is 10.5 Å². The van der Waals surface area contributed by atoms with Crippen molar-refractivity contribution >= 4 is 5.82 Å². The van der Waals surface area contributed by atoms with Gasteiger partial charge in [-0.15, -0.1) is 0 Å². The van der Waals surface area contributed by atoms with Gasteiger partial charge in [0, 0.05) is 19.0 Å². The lowest BCUT2D eigenvalue weighted by atomic mass is 10.2. The highest BCUT2D eigenvalue weighted by Gasteiger charge is 2.12. The summed E-state index contributed by atoms with van der Waals surface area (Å²) in [4.78, 5) is 13.7. The summed E-state index contributed by atoms with van der Waals surface area (Å²) in [5.41, 5.74) is 5.90. The fraction of sp³-hybridized carbons (Fsp3) is 0.375. The minimum atomic E-state index is -0.553. The Bertz CT molecular complexity index is 341. The molecule has 0 atom stereocenters. The summed E-state index contributed by atoms with van der Waals surface area (Å²) in [5.74, 6) is 0.211. The van der Waals surface area contributed by atoms with Crippen LogP contribution in [-0.4, -0.2) is 23.6 Å². The highest BCUT2D eigenvalue weighted by Crippen LogP contribution is 2.18. The molecule has 0 aliphatic carbocycles. The quantitative estimate of drug-likeness (QED) is 0.560. The van der Waals surface area contributed by atoms with Crippen LogP contribution in [0.1, 0.15) is 5.69 Å². The molecule has 76 valence electrons. The van der Waals surface area contributed by atoms with Gasteiger partial charge in [-0.2, -0.15) is 0 Å². The predicted octanol–water partition coefficient (Wildman–Crippen LogP) is 0.500. The molecule has 6 nitrogen and oxygen atoms in total. The topological polar surface area (TPSA) is 91.3 Å². The van der Waals surface area contributed by atoms with Gasteiger partial charge >= 0.3 is 5.82 Å². The summed E-state index contributed by atoms with van der Waals surface area (Å²) >= 11 is 0. The molecule has 0 amide bonds. The van der Waals surface area contributed by atoms with Gasteiger partial charge < -0.3 is 20.6 Å². The van der Waals surface area contributed by atoms with Gasteiger partial charge in [-0.3, -0.25) is 0 Å². The maximum atomic E-state index is 10.5. The fourth-order valence-corrected chi connectivity index (χ4v) is 1.03. The van der Waals surface area contributed by atoms with Crippen molar-refractivity contribution in [2.24, 2.45) is 5.73 Å². The van der Waals surface area contributed by atoms with Crippen molar-refractivity contribution in [3.63, 3.8) is 0 Å². The lowest BCUT2D eigenvalue weighted by Gasteiger charge is -2.00. The SMILES string of the molecule is COc1cc(CCN)nc([N+](=O)[O-])c1. The van der Waals surface area contributed by atoms with E-state index >= 15 is 0 Å². The lowest BCUT2D eigenvalue weighted by Crippen LogP contribution is -2.06. The molecular weight excluding hydrogens is 186 g/mol. The van der Waals surface area contributed by atoms with Gasteiger partial charge in [0.1, 0.15) is 5.75 Å². The van der Waals surface area contributed by atoms with E-state index in [0.717, 1.165) is 0 Å². The summed E-state index contributed by atoms with van der Waals surface area (Å²) in [5, 5.41) is 10.5. The first-order valence-corrected chi connectivity index (χ1v) is 4.06. The third-order valence-electron chi connectivity index (χ3n) is 1.66. The van der Waals surface area contributed by atoms with Crippen LogP contribution in [0.3, 0.4) is 0 Å². The number of aromatic nitrogens is 1. The van der Waals surface area contributed by atoms with E-state index in [0.29, 0.717) is 24.4 Å². The van der Waals surface area contributed by atoms with Crippen LogP contribution in [0.2, 0.25) is 0 Å². The molecule has 14 heavy (non-hydrogen) atoms. The van der Waals surface area contributed by atoms with Crippen LogP contribution in [0.15, 0.2) is 12.1 Å². The zero-order valence-electron chi connectivity index (χ0n) is 7.77. The lowest BCUT2D eigenvalue weighted by molar-refractivity contribution is -0.389. The van der Waals surface area contributed by atoms with Crippen LogP contribution in [0, 0.1) is 10.1 Å². The average molecular weight is 197 g/mol. The second-order valence-electron chi connectivity index (χ2n) is 2.65. The van der Waals surface area contributed by atoms with E-state index in [1.54, 1.807) is 6.07 Å². The third kappa shape index (κ3) is 2.40. The molecule has 2 N–H and O–H groups in total. The molecule has 1 rings (SSSR count). The van der Waals surface area contributed by atoms with Crippen LogP contribution in [0.5, 0.6) is 5.75 Å². The van der Waals surface area contributed by atoms with Crippen molar-refractivity contribution in [2.45, 2.75) is 6.42 Å². The normalized spacial score (nSPS) is 9.86. The number of pyridine rings is 1. The van der Waals surface area contributed by atoms with Crippen molar-refractivity contribution < 1.29 is 9.66 Å². The molecule has 0 aliphatic heterocycles. The Morgan fingerprint density at radius 2 is 2.36 bits per heavy atom. The number of hydrogen-bond donors (Lipinski definition) is 1. The van der Waals surface area contributed by atoms with Gasteiger partial charge in [0.25, 0.3) is 0 Å². The Labute approximate surface area is 80.9 Å². The zero-order chi connectivity index (χ0) is 10.6. The first-order valence-electron chi connectivity index (χ1n) is 4.06. The molecule has 0 spiro atoms. The fourth-order valence-electron chi connectivity index (χ4n) is 1.03. The smallest absolute Gasteiger partial charge is 0.367 e. The number of methoxy groups -OCH3 is 1. The number of nitro groups is 1. The number of nitrogens with two attached hydrogens (primary N) is 1. The molecule has 1 heterocycles. The Morgan fingerprint density at radius 3 is 2.86 bits per heavy atom. The number of hydrogen-bond acceptors (Lipinski definition) is 5. The Kier molecular flexibility index (Phi) is 3.35. The van der Waals surface area contributed by atoms with E-state index < -0.39 is 4.92 Å². The highest BCUT2D eigenvalue weighted by molar-refractivity contribution is 5.34. The molecule has 0 fully saturated rings. The van der Waals surface area contributed by atoms with Gasteiger partial charge in [0.05, 0.1) is 13.2 Å². The summed E-state index contributed by atoms with van der Waals surface area (Å²) < 4.78 is 4.91. The maximum absolute atomic E-state index is 10.5. The van der Waals surface area contributed by atoms with Crippen molar-refractivity contribution in [3.05, 3.63) is 27.9 Å². The molecule has 6 heteroatoms. The van der Waals surface area contributed by atoms with Crippen LogP contribution >= 0.6 is 0 Å². The largest absolute Gasteiger partial charge is 0.496 e. The molecule has 0 radical (unpaired) electrons. The zero-order valence-corrected chi connectivity index (χ0v) is 7.77.